The Hall–Kier alpha value is -0.130. The molecule has 0 aliphatic rings. The van der Waals surface area contributed by atoms with Crippen LogP contribution in [0.3, 0.4) is 0 Å². The van der Waals surface area contributed by atoms with E-state index in [4.69, 9.17) is 9.84 Å². The van der Waals surface area contributed by atoms with Gasteiger partial charge in [0.1, 0.15) is 6.10 Å². The first-order valence-electron chi connectivity index (χ1n) is 3.67. The van der Waals surface area contributed by atoms with Gasteiger partial charge in [0.25, 0.3) is 0 Å². The Kier molecular flexibility index (Phi) is 3.97. The lowest BCUT2D eigenvalue weighted by Crippen LogP contribution is -2.07. The number of benzene rings is 1. The summed E-state index contributed by atoms with van der Waals surface area (Å²) < 4.78 is 6.23. The van der Waals surface area contributed by atoms with Gasteiger partial charge in [0.15, 0.2) is 0 Å². The van der Waals surface area contributed by atoms with Crippen LogP contribution in [0, 0.1) is 3.57 Å². The summed E-state index contributed by atoms with van der Waals surface area (Å²) in [6.45, 7) is 0.0243. The highest BCUT2D eigenvalue weighted by molar-refractivity contribution is 14.1. The Bertz CT molecular complexity index is 246. The first kappa shape index (κ1) is 9.95. The lowest BCUT2D eigenvalue weighted by molar-refractivity contribution is 0.0479. The number of hydrogen-bond donors (Lipinski definition) is 1. The summed E-state index contributed by atoms with van der Waals surface area (Å²) in [6.07, 6.45) is -0.196. The Morgan fingerprint density at radius 1 is 1.50 bits per heavy atom. The third-order valence-corrected chi connectivity index (χ3v) is 2.68. The first-order chi connectivity index (χ1) is 5.79. The maximum absolute atomic E-state index is 8.98. The average Bonchev–Trinajstić information content (AvgIpc) is 2.10. The molecule has 0 heterocycles. The zero-order chi connectivity index (χ0) is 8.97. The van der Waals surface area contributed by atoms with Crippen molar-refractivity contribution >= 4 is 22.6 Å². The van der Waals surface area contributed by atoms with Crippen molar-refractivity contribution in [1.29, 1.82) is 0 Å². The SMILES string of the molecule is COC(CO)c1ccccc1I. The smallest absolute Gasteiger partial charge is 0.106 e. The van der Waals surface area contributed by atoms with Gasteiger partial charge >= 0.3 is 0 Å². The van der Waals surface area contributed by atoms with Crippen molar-refractivity contribution in [1.82, 2.24) is 0 Å². The molecule has 0 aliphatic carbocycles. The fourth-order valence-electron chi connectivity index (χ4n) is 1.04. The van der Waals surface area contributed by atoms with Gasteiger partial charge in [0.05, 0.1) is 6.61 Å². The van der Waals surface area contributed by atoms with Gasteiger partial charge in [-0.1, -0.05) is 18.2 Å². The van der Waals surface area contributed by atoms with Crippen molar-refractivity contribution in [2.75, 3.05) is 13.7 Å². The summed E-state index contributed by atoms with van der Waals surface area (Å²) in [7, 11) is 1.60. The van der Waals surface area contributed by atoms with Crippen LogP contribution >= 0.6 is 22.6 Å². The van der Waals surface area contributed by atoms with Crippen molar-refractivity contribution in [2.45, 2.75) is 6.10 Å². The van der Waals surface area contributed by atoms with Crippen LogP contribution in [0.15, 0.2) is 24.3 Å². The number of ether oxygens (including phenoxy) is 1. The molecule has 0 bridgehead atoms. The standard InChI is InChI=1S/C9H11IO2/c1-12-9(6-11)7-4-2-3-5-8(7)10/h2-5,9,11H,6H2,1H3. The molecule has 0 amide bonds. The summed E-state index contributed by atoms with van der Waals surface area (Å²) in [4.78, 5) is 0. The van der Waals surface area contributed by atoms with E-state index in [1.54, 1.807) is 7.11 Å². The molecule has 3 heteroatoms. The van der Waals surface area contributed by atoms with Crippen LogP contribution in [0.5, 0.6) is 0 Å². The molecular formula is C9H11IO2. The minimum Gasteiger partial charge on any atom is -0.393 e. The quantitative estimate of drug-likeness (QED) is 0.857. The van der Waals surface area contributed by atoms with Crippen molar-refractivity contribution < 1.29 is 9.84 Å². The zero-order valence-corrected chi connectivity index (χ0v) is 8.98. The van der Waals surface area contributed by atoms with Crippen LogP contribution < -0.4 is 0 Å². The third kappa shape index (κ3) is 2.18. The zero-order valence-electron chi connectivity index (χ0n) is 6.83. The molecule has 0 aromatic heterocycles. The van der Waals surface area contributed by atoms with Gasteiger partial charge in [-0.05, 0) is 34.2 Å². The summed E-state index contributed by atoms with van der Waals surface area (Å²) in [5, 5.41) is 8.98. The molecule has 1 N–H and O–H groups in total. The van der Waals surface area contributed by atoms with Crippen molar-refractivity contribution in [3.8, 4) is 0 Å². The summed E-state index contributed by atoms with van der Waals surface area (Å²) in [5.74, 6) is 0. The summed E-state index contributed by atoms with van der Waals surface area (Å²) >= 11 is 2.23. The molecule has 1 aromatic carbocycles. The molecule has 1 atom stereocenters. The Morgan fingerprint density at radius 2 is 2.17 bits per heavy atom. The minimum absolute atomic E-state index is 0.0243. The van der Waals surface area contributed by atoms with E-state index >= 15 is 0 Å². The molecule has 2 nitrogen and oxygen atoms in total. The normalized spacial score (nSPS) is 12.9. The van der Waals surface area contributed by atoms with E-state index in [1.807, 2.05) is 24.3 Å². The molecule has 1 aromatic rings. The molecular weight excluding hydrogens is 267 g/mol. The maximum Gasteiger partial charge on any atom is 0.106 e. The highest BCUT2D eigenvalue weighted by Crippen LogP contribution is 2.21. The van der Waals surface area contributed by atoms with Gasteiger partial charge < -0.3 is 9.84 Å². The van der Waals surface area contributed by atoms with E-state index in [0.717, 1.165) is 9.13 Å². The summed E-state index contributed by atoms with van der Waals surface area (Å²) in [6, 6.07) is 7.87. The number of aliphatic hydroxyl groups is 1. The van der Waals surface area contributed by atoms with E-state index in [1.165, 1.54) is 0 Å². The fourth-order valence-corrected chi connectivity index (χ4v) is 1.77. The molecule has 12 heavy (non-hydrogen) atoms. The predicted octanol–water partition coefficient (Wildman–Crippen LogP) is 1.97. The number of methoxy groups -OCH3 is 1. The van der Waals surface area contributed by atoms with Gasteiger partial charge in [-0.3, -0.25) is 0 Å². The molecule has 0 fully saturated rings. The van der Waals surface area contributed by atoms with Crippen LogP contribution in [0.1, 0.15) is 11.7 Å². The minimum atomic E-state index is -0.196. The van der Waals surface area contributed by atoms with E-state index in [2.05, 4.69) is 22.6 Å². The molecule has 0 spiro atoms. The highest BCUT2D eigenvalue weighted by atomic mass is 127. The molecule has 0 radical (unpaired) electrons. The monoisotopic (exact) mass is 278 g/mol. The number of hydrogen-bond acceptors (Lipinski definition) is 2. The van der Waals surface area contributed by atoms with E-state index < -0.39 is 0 Å². The van der Waals surface area contributed by atoms with Gasteiger partial charge in [-0.15, -0.1) is 0 Å². The van der Waals surface area contributed by atoms with Crippen molar-refractivity contribution in [3.63, 3.8) is 0 Å². The molecule has 1 unspecified atom stereocenters. The fraction of sp³-hybridized carbons (Fsp3) is 0.333. The Balaban J connectivity index is 2.92. The first-order valence-corrected chi connectivity index (χ1v) is 4.75. The number of halogens is 1. The van der Waals surface area contributed by atoms with Crippen molar-refractivity contribution in [2.24, 2.45) is 0 Å². The van der Waals surface area contributed by atoms with Gasteiger partial charge in [0.2, 0.25) is 0 Å². The molecule has 0 saturated carbocycles. The second kappa shape index (κ2) is 4.79. The van der Waals surface area contributed by atoms with Gasteiger partial charge in [-0.25, -0.2) is 0 Å². The average molecular weight is 278 g/mol. The van der Waals surface area contributed by atoms with E-state index in [0.29, 0.717) is 0 Å². The van der Waals surface area contributed by atoms with Crippen LogP contribution in [0.4, 0.5) is 0 Å². The van der Waals surface area contributed by atoms with E-state index in [9.17, 15) is 0 Å². The van der Waals surface area contributed by atoms with Crippen LogP contribution in [0.25, 0.3) is 0 Å². The lowest BCUT2D eigenvalue weighted by Gasteiger charge is -2.13. The number of aliphatic hydroxyl groups excluding tert-OH is 1. The van der Waals surface area contributed by atoms with Gasteiger partial charge in [-0.2, -0.15) is 0 Å². The van der Waals surface area contributed by atoms with Crippen LogP contribution in [-0.4, -0.2) is 18.8 Å². The van der Waals surface area contributed by atoms with Crippen LogP contribution in [0.2, 0.25) is 0 Å². The third-order valence-electron chi connectivity index (χ3n) is 1.70. The lowest BCUT2D eigenvalue weighted by atomic mass is 10.1. The van der Waals surface area contributed by atoms with E-state index in [-0.39, 0.29) is 12.7 Å². The molecule has 66 valence electrons. The maximum atomic E-state index is 8.98. The summed E-state index contributed by atoms with van der Waals surface area (Å²) in [5.41, 5.74) is 1.04. The molecule has 1 rings (SSSR count). The molecule has 0 saturated heterocycles. The van der Waals surface area contributed by atoms with Gasteiger partial charge in [0, 0.05) is 10.7 Å². The Labute approximate surface area is 85.7 Å². The van der Waals surface area contributed by atoms with Crippen molar-refractivity contribution in [3.05, 3.63) is 33.4 Å². The molecule has 0 aliphatic heterocycles. The predicted molar refractivity (Wildman–Crippen MR) is 56.0 cm³/mol. The number of rotatable bonds is 3. The topological polar surface area (TPSA) is 29.5 Å². The second-order valence-corrected chi connectivity index (χ2v) is 3.59. The largest absolute Gasteiger partial charge is 0.393 e. The Morgan fingerprint density at radius 3 is 2.67 bits per heavy atom. The second-order valence-electron chi connectivity index (χ2n) is 2.43. The highest BCUT2D eigenvalue weighted by Gasteiger charge is 2.10. The van der Waals surface area contributed by atoms with Crippen LogP contribution in [-0.2, 0) is 4.74 Å².